The van der Waals surface area contributed by atoms with Crippen LogP contribution >= 0.6 is 15.9 Å². The van der Waals surface area contributed by atoms with Crippen molar-refractivity contribution in [2.75, 3.05) is 13.2 Å². The Morgan fingerprint density at radius 3 is 2.52 bits per heavy atom. The van der Waals surface area contributed by atoms with Gasteiger partial charge in [-0.15, -0.1) is 0 Å². The van der Waals surface area contributed by atoms with Gasteiger partial charge in [0.2, 0.25) is 0 Å². The topological polar surface area (TPSA) is 18.5 Å². The minimum atomic E-state index is -0.194. The molecule has 0 aromatic rings. The fraction of sp³-hybridized carbons (Fsp3) is 0.889. The molecular weight excluding hydrogens is 328 g/mol. The molecule has 1 spiro atoms. The first-order valence-electron chi connectivity index (χ1n) is 8.87. The number of rotatable bonds is 1. The van der Waals surface area contributed by atoms with Crippen LogP contribution in [-0.2, 0) is 9.47 Å². The van der Waals surface area contributed by atoms with Gasteiger partial charge in [-0.25, -0.2) is 0 Å². The number of alkyl halides is 1. The molecule has 21 heavy (non-hydrogen) atoms. The zero-order valence-corrected chi connectivity index (χ0v) is 14.4. The summed E-state index contributed by atoms with van der Waals surface area (Å²) in [5, 5.41) is 0. The largest absolute Gasteiger partial charge is 0.348 e. The predicted molar refractivity (Wildman–Crippen MR) is 87.5 cm³/mol. The molecule has 3 heteroatoms. The van der Waals surface area contributed by atoms with Gasteiger partial charge in [-0.2, -0.15) is 0 Å². The fourth-order valence-electron chi connectivity index (χ4n) is 5.04. The van der Waals surface area contributed by atoms with Crippen LogP contribution in [-0.4, -0.2) is 23.8 Å². The van der Waals surface area contributed by atoms with Crippen molar-refractivity contribution >= 4 is 15.9 Å². The van der Waals surface area contributed by atoms with Crippen LogP contribution in [0, 0.1) is 17.8 Å². The molecule has 2 nitrogen and oxygen atoms in total. The zero-order chi connectivity index (χ0) is 14.3. The van der Waals surface area contributed by atoms with E-state index in [1.807, 2.05) is 0 Å². The second kappa shape index (κ2) is 5.98. The van der Waals surface area contributed by atoms with Crippen LogP contribution in [0.4, 0.5) is 0 Å². The normalized spacial score (nSPS) is 42.6. The van der Waals surface area contributed by atoms with Crippen molar-refractivity contribution in [1.29, 1.82) is 0 Å². The third kappa shape index (κ3) is 2.98. The third-order valence-corrected chi connectivity index (χ3v) is 7.18. The van der Waals surface area contributed by atoms with E-state index < -0.39 is 0 Å². The van der Waals surface area contributed by atoms with Crippen LogP contribution in [0.15, 0.2) is 11.6 Å². The smallest absolute Gasteiger partial charge is 0.168 e. The Hall–Kier alpha value is 0.140. The Morgan fingerprint density at radius 2 is 1.76 bits per heavy atom. The molecule has 1 aliphatic heterocycles. The van der Waals surface area contributed by atoms with Gasteiger partial charge in [0, 0.05) is 17.7 Å². The Balaban J connectivity index is 1.42. The lowest BCUT2D eigenvalue weighted by Gasteiger charge is -2.43. The molecule has 1 heterocycles. The van der Waals surface area contributed by atoms with Crippen LogP contribution in [0.5, 0.6) is 0 Å². The standard InChI is InChI=1S/C18H27BrO2/c19-17-5-3-13(4-6-17)14-1-2-16-12-18(20-9-10-21-18)8-7-15(16)11-14/h11,13,15-17H,1-10,12H2. The Kier molecular flexibility index (Phi) is 4.19. The molecule has 4 rings (SSSR count). The molecule has 4 aliphatic rings. The van der Waals surface area contributed by atoms with E-state index in [0.717, 1.165) is 48.6 Å². The van der Waals surface area contributed by atoms with Crippen LogP contribution in [0.25, 0.3) is 0 Å². The number of hydrogen-bond acceptors (Lipinski definition) is 2. The molecule has 0 radical (unpaired) electrons. The molecule has 2 atom stereocenters. The van der Waals surface area contributed by atoms with Gasteiger partial charge in [0.15, 0.2) is 5.79 Å². The molecule has 2 unspecified atom stereocenters. The zero-order valence-electron chi connectivity index (χ0n) is 12.9. The minimum Gasteiger partial charge on any atom is -0.348 e. The average Bonchev–Trinajstić information content (AvgIpc) is 2.96. The van der Waals surface area contributed by atoms with Gasteiger partial charge in [0.1, 0.15) is 0 Å². The second-order valence-electron chi connectivity index (χ2n) is 7.50. The van der Waals surface area contributed by atoms with Crippen LogP contribution in [0.2, 0.25) is 0 Å². The summed E-state index contributed by atoms with van der Waals surface area (Å²) in [5.74, 6) is 2.29. The van der Waals surface area contributed by atoms with Crippen LogP contribution in [0.1, 0.15) is 57.8 Å². The number of fused-ring (bicyclic) bond motifs is 1. The summed E-state index contributed by atoms with van der Waals surface area (Å²) < 4.78 is 11.9. The van der Waals surface area contributed by atoms with E-state index in [9.17, 15) is 0 Å². The Labute approximate surface area is 136 Å². The summed E-state index contributed by atoms with van der Waals surface area (Å²) in [5.41, 5.74) is 1.79. The molecule has 0 N–H and O–H groups in total. The highest BCUT2D eigenvalue weighted by Crippen LogP contribution is 2.48. The molecule has 0 amide bonds. The molecule has 3 aliphatic carbocycles. The van der Waals surface area contributed by atoms with E-state index in [4.69, 9.17) is 9.47 Å². The maximum absolute atomic E-state index is 5.94. The lowest BCUT2D eigenvalue weighted by molar-refractivity contribution is -0.193. The van der Waals surface area contributed by atoms with E-state index in [0.29, 0.717) is 0 Å². The first-order chi connectivity index (χ1) is 10.2. The minimum absolute atomic E-state index is 0.194. The van der Waals surface area contributed by atoms with E-state index in [1.165, 1.54) is 44.9 Å². The second-order valence-corrected chi connectivity index (χ2v) is 8.80. The summed E-state index contributed by atoms with van der Waals surface area (Å²) in [7, 11) is 0. The van der Waals surface area contributed by atoms with Gasteiger partial charge in [-0.05, 0) is 62.7 Å². The van der Waals surface area contributed by atoms with E-state index in [1.54, 1.807) is 5.57 Å². The number of halogens is 1. The molecule has 118 valence electrons. The van der Waals surface area contributed by atoms with Crippen molar-refractivity contribution < 1.29 is 9.47 Å². The van der Waals surface area contributed by atoms with Gasteiger partial charge in [0.05, 0.1) is 13.2 Å². The van der Waals surface area contributed by atoms with Crippen LogP contribution < -0.4 is 0 Å². The van der Waals surface area contributed by atoms with E-state index in [2.05, 4.69) is 22.0 Å². The SMILES string of the molecule is BrC1CCC(C2=CC3CCC4(CC3CC2)OCCO4)CC1. The number of hydrogen-bond donors (Lipinski definition) is 0. The van der Waals surface area contributed by atoms with Gasteiger partial charge in [-0.3, -0.25) is 0 Å². The van der Waals surface area contributed by atoms with Crippen molar-refractivity contribution in [3.05, 3.63) is 11.6 Å². The highest BCUT2D eigenvalue weighted by molar-refractivity contribution is 9.09. The van der Waals surface area contributed by atoms with Gasteiger partial charge >= 0.3 is 0 Å². The maximum Gasteiger partial charge on any atom is 0.168 e. The average molecular weight is 355 g/mol. The summed E-state index contributed by atoms with van der Waals surface area (Å²) in [6, 6.07) is 0. The van der Waals surface area contributed by atoms with Crippen molar-refractivity contribution in [3.8, 4) is 0 Å². The lowest BCUT2D eigenvalue weighted by atomic mass is 9.67. The molecule has 3 fully saturated rings. The van der Waals surface area contributed by atoms with E-state index >= 15 is 0 Å². The highest BCUT2D eigenvalue weighted by atomic mass is 79.9. The fourth-order valence-corrected chi connectivity index (χ4v) is 5.57. The molecule has 1 saturated heterocycles. The van der Waals surface area contributed by atoms with Crippen molar-refractivity contribution in [3.63, 3.8) is 0 Å². The molecule has 0 aromatic carbocycles. The highest BCUT2D eigenvalue weighted by Gasteiger charge is 2.45. The predicted octanol–water partition coefficient (Wildman–Crippen LogP) is 4.82. The van der Waals surface area contributed by atoms with Gasteiger partial charge in [-0.1, -0.05) is 27.6 Å². The number of allylic oxidation sites excluding steroid dienone is 2. The summed E-state index contributed by atoms with van der Waals surface area (Å²) in [6.45, 7) is 1.60. The Morgan fingerprint density at radius 1 is 1.00 bits per heavy atom. The quantitative estimate of drug-likeness (QED) is 0.496. The van der Waals surface area contributed by atoms with Gasteiger partial charge < -0.3 is 9.47 Å². The molecular formula is C18H27BrO2. The van der Waals surface area contributed by atoms with Crippen LogP contribution in [0.3, 0.4) is 0 Å². The summed E-state index contributed by atoms with van der Waals surface area (Å²) >= 11 is 3.78. The van der Waals surface area contributed by atoms with Crippen molar-refractivity contribution in [2.24, 2.45) is 17.8 Å². The summed E-state index contributed by atoms with van der Waals surface area (Å²) in [6.07, 6.45) is 14.4. The third-order valence-electron chi connectivity index (χ3n) is 6.26. The first-order valence-corrected chi connectivity index (χ1v) is 9.78. The van der Waals surface area contributed by atoms with E-state index in [-0.39, 0.29) is 5.79 Å². The summed E-state index contributed by atoms with van der Waals surface area (Å²) in [4.78, 5) is 0.775. The number of ether oxygens (including phenoxy) is 2. The monoisotopic (exact) mass is 354 g/mol. The van der Waals surface area contributed by atoms with Crippen molar-refractivity contribution in [2.45, 2.75) is 68.4 Å². The first kappa shape index (κ1) is 14.7. The molecule has 0 bridgehead atoms. The molecule has 2 saturated carbocycles. The van der Waals surface area contributed by atoms with Gasteiger partial charge in [0.25, 0.3) is 0 Å². The molecule has 0 aromatic heterocycles. The maximum atomic E-state index is 5.94. The Bertz CT molecular complexity index is 405. The van der Waals surface area contributed by atoms with Crippen molar-refractivity contribution in [1.82, 2.24) is 0 Å². The lowest BCUT2D eigenvalue weighted by Crippen LogP contribution is -2.41.